The minimum Gasteiger partial charge on any atom is -0.466 e. The topological polar surface area (TPSA) is 29.5 Å². The number of ether oxygens (including phenoxy) is 1. The maximum Gasteiger partial charge on any atom is 0.307 e. The standard InChI is InChI=1S/C15H27NO2/c1-4-18-13(17)11-15(16-9-5-6-10-16)8-7-14(2,3)12-15/h4-12H2,1-3H3. The summed E-state index contributed by atoms with van der Waals surface area (Å²) in [4.78, 5) is 14.5. The van der Waals surface area contributed by atoms with E-state index in [2.05, 4.69) is 18.7 Å². The average molecular weight is 253 g/mol. The van der Waals surface area contributed by atoms with Gasteiger partial charge in [-0.05, 0) is 57.5 Å². The van der Waals surface area contributed by atoms with Crippen molar-refractivity contribution in [1.82, 2.24) is 4.90 Å². The summed E-state index contributed by atoms with van der Waals surface area (Å²) in [5, 5.41) is 0. The first-order chi connectivity index (χ1) is 8.47. The number of hydrogen-bond acceptors (Lipinski definition) is 3. The molecule has 1 atom stereocenters. The van der Waals surface area contributed by atoms with E-state index in [0.29, 0.717) is 18.4 Å². The highest BCUT2D eigenvalue weighted by Crippen LogP contribution is 2.49. The molecule has 0 aromatic heterocycles. The summed E-state index contributed by atoms with van der Waals surface area (Å²) in [5.74, 6) is -0.0119. The number of carbonyl (C=O) groups excluding carboxylic acids is 1. The highest BCUT2D eigenvalue weighted by atomic mass is 16.5. The van der Waals surface area contributed by atoms with E-state index < -0.39 is 0 Å². The Morgan fingerprint density at radius 3 is 2.39 bits per heavy atom. The molecule has 3 nitrogen and oxygen atoms in total. The van der Waals surface area contributed by atoms with Crippen molar-refractivity contribution < 1.29 is 9.53 Å². The molecule has 2 rings (SSSR count). The molecule has 3 heteroatoms. The number of hydrogen-bond donors (Lipinski definition) is 0. The summed E-state index contributed by atoms with van der Waals surface area (Å²) in [6.45, 7) is 9.37. The first-order valence-electron chi connectivity index (χ1n) is 7.38. The molecular formula is C15H27NO2. The van der Waals surface area contributed by atoms with Crippen LogP contribution in [0.4, 0.5) is 0 Å². The van der Waals surface area contributed by atoms with Crippen LogP contribution in [0.3, 0.4) is 0 Å². The fourth-order valence-corrected chi connectivity index (χ4v) is 3.84. The Bertz CT molecular complexity index is 308. The Morgan fingerprint density at radius 2 is 1.89 bits per heavy atom. The van der Waals surface area contributed by atoms with Gasteiger partial charge in [0.1, 0.15) is 0 Å². The van der Waals surface area contributed by atoms with Crippen molar-refractivity contribution in [2.75, 3.05) is 19.7 Å². The summed E-state index contributed by atoms with van der Waals surface area (Å²) in [7, 11) is 0. The maximum atomic E-state index is 11.9. The van der Waals surface area contributed by atoms with Crippen LogP contribution in [0.2, 0.25) is 0 Å². The van der Waals surface area contributed by atoms with Crippen molar-refractivity contribution in [2.45, 2.75) is 64.8 Å². The van der Waals surface area contributed by atoms with Crippen molar-refractivity contribution in [3.8, 4) is 0 Å². The molecule has 0 bridgehead atoms. The minimum absolute atomic E-state index is 0.0119. The van der Waals surface area contributed by atoms with Gasteiger partial charge in [-0.25, -0.2) is 0 Å². The van der Waals surface area contributed by atoms with Gasteiger partial charge in [0.2, 0.25) is 0 Å². The Labute approximate surface area is 111 Å². The van der Waals surface area contributed by atoms with Gasteiger partial charge in [0, 0.05) is 5.54 Å². The molecule has 0 aromatic carbocycles. The van der Waals surface area contributed by atoms with E-state index in [0.717, 1.165) is 25.9 Å². The van der Waals surface area contributed by atoms with Gasteiger partial charge < -0.3 is 4.74 Å². The van der Waals surface area contributed by atoms with Crippen LogP contribution in [0.25, 0.3) is 0 Å². The van der Waals surface area contributed by atoms with Crippen molar-refractivity contribution >= 4 is 5.97 Å². The van der Waals surface area contributed by atoms with Gasteiger partial charge in [0.05, 0.1) is 13.0 Å². The van der Waals surface area contributed by atoms with Crippen molar-refractivity contribution in [1.29, 1.82) is 0 Å². The molecule has 1 saturated carbocycles. The molecule has 1 saturated heterocycles. The Morgan fingerprint density at radius 1 is 1.22 bits per heavy atom. The predicted octanol–water partition coefficient (Wildman–Crippen LogP) is 2.98. The lowest BCUT2D eigenvalue weighted by molar-refractivity contribution is -0.146. The SMILES string of the molecule is CCOC(=O)CC1(N2CCCC2)CCC(C)(C)C1. The zero-order valence-corrected chi connectivity index (χ0v) is 12.1. The molecule has 1 heterocycles. The Hall–Kier alpha value is -0.570. The molecule has 0 N–H and O–H groups in total. The van der Waals surface area contributed by atoms with Crippen molar-refractivity contribution in [3.05, 3.63) is 0 Å². The van der Waals surface area contributed by atoms with E-state index in [4.69, 9.17) is 4.74 Å². The smallest absolute Gasteiger partial charge is 0.307 e. The molecule has 2 aliphatic rings. The zero-order valence-electron chi connectivity index (χ0n) is 12.1. The van der Waals surface area contributed by atoms with Gasteiger partial charge in [0.15, 0.2) is 0 Å². The molecule has 2 fully saturated rings. The van der Waals surface area contributed by atoms with Crippen molar-refractivity contribution in [2.24, 2.45) is 5.41 Å². The molecule has 104 valence electrons. The van der Waals surface area contributed by atoms with Gasteiger partial charge in [-0.2, -0.15) is 0 Å². The third kappa shape index (κ3) is 2.87. The average Bonchev–Trinajstić information content (AvgIpc) is 2.87. The molecule has 0 amide bonds. The zero-order chi connectivity index (χ0) is 13.2. The summed E-state index contributed by atoms with van der Waals surface area (Å²) >= 11 is 0. The molecule has 1 unspecified atom stereocenters. The van der Waals surface area contributed by atoms with Gasteiger partial charge in [-0.3, -0.25) is 9.69 Å². The van der Waals surface area contributed by atoms with E-state index in [1.807, 2.05) is 6.92 Å². The molecular weight excluding hydrogens is 226 g/mol. The van der Waals surface area contributed by atoms with Crippen LogP contribution < -0.4 is 0 Å². The quantitative estimate of drug-likeness (QED) is 0.721. The van der Waals surface area contributed by atoms with E-state index in [-0.39, 0.29) is 11.5 Å². The van der Waals surface area contributed by atoms with E-state index in [1.165, 1.54) is 19.3 Å². The van der Waals surface area contributed by atoms with E-state index in [9.17, 15) is 4.79 Å². The van der Waals surface area contributed by atoms with Crippen LogP contribution >= 0.6 is 0 Å². The highest BCUT2D eigenvalue weighted by Gasteiger charge is 2.48. The molecule has 0 spiro atoms. The largest absolute Gasteiger partial charge is 0.466 e. The van der Waals surface area contributed by atoms with Gasteiger partial charge in [-0.1, -0.05) is 13.8 Å². The maximum absolute atomic E-state index is 11.9. The number of esters is 1. The normalized spacial score (nSPS) is 31.7. The monoisotopic (exact) mass is 253 g/mol. The van der Waals surface area contributed by atoms with Gasteiger partial charge in [-0.15, -0.1) is 0 Å². The molecule has 1 aliphatic carbocycles. The first kappa shape index (κ1) is 13.9. The van der Waals surface area contributed by atoms with Crippen LogP contribution in [0.5, 0.6) is 0 Å². The fraction of sp³-hybridized carbons (Fsp3) is 0.933. The van der Waals surface area contributed by atoms with Crippen molar-refractivity contribution in [3.63, 3.8) is 0 Å². The molecule has 1 aliphatic heterocycles. The fourth-order valence-electron chi connectivity index (χ4n) is 3.84. The van der Waals surface area contributed by atoms with Gasteiger partial charge in [0.25, 0.3) is 0 Å². The first-order valence-corrected chi connectivity index (χ1v) is 7.38. The third-order valence-electron chi connectivity index (χ3n) is 4.63. The van der Waals surface area contributed by atoms with Crippen LogP contribution in [-0.2, 0) is 9.53 Å². The lowest BCUT2D eigenvalue weighted by atomic mass is 9.85. The summed E-state index contributed by atoms with van der Waals surface area (Å²) in [6.07, 6.45) is 6.67. The molecule has 0 aromatic rings. The van der Waals surface area contributed by atoms with Crippen LogP contribution in [0.15, 0.2) is 0 Å². The van der Waals surface area contributed by atoms with E-state index in [1.54, 1.807) is 0 Å². The lowest BCUT2D eigenvalue weighted by Crippen LogP contribution is -2.47. The second-order valence-corrected chi connectivity index (χ2v) is 6.74. The van der Waals surface area contributed by atoms with Crippen LogP contribution in [0, 0.1) is 5.41 Å². The summed E-state index contributed by atoms with van der Waals surface area (Å²) in [6, 6.07) is 0. The van der Waals surface area contributed by atoms with Gasteiger partial charge >= 0.3 is 5.97 Å². The number of nitrogens with zero attached hydrogens (tertiary/aromatic N) is 1. The third-order valence-corrected chi connectivity index (χ3v) is 4.63. The Balaban J connectivity index is 2.10. The second-order valence-electron chi connectivity index (χ2n) is 6.74. The number of rotatable bonds is 4. The highest BCUT2D eigenvalue weighted by molar-refractivity contribution is 5.71. The number of carbonyl (C=O) groups is 1. The predicted molar refractivity (Wildman–Crippen MR) is 72.4 cm³/mol. The number of likely N-dealkylation sites (tertiary alicyclic amines) is 1. The minimum atomic E-state index is -0.0119. The van der Waals surface area contributed by atoms with E-state index >= 15 is 0 Å². The second kappa shape index (κ2) is 5.20. The van der Waals surface area contributed by atoms with Crippen LogP contribution in [0.1, 0.15) is 59.3 Å². The molecule has 0 radical (unpaired) electrons. The van der Waals surface area contributed by atoms with Crippen LogP contribution in [-0.4, -0.2) is 36.1 Å². The molecule has 18 heavy (non-hydrogen) atoms. The summed E-state index contributed by atoms with van der Waals surface area (Å²) < 4.78 is 5.19. The summed E-state index contributed by atoms with van der Waals surface area (Å²) in [5.41, 5.74) is 0.460. The lowest BCUT2D eigenvalue weighted by Gasteiger charge is -2.39. The Kier molecular flexibility index (Phi) is 4.00.